The first kappa shape index (κ1) is 23.9. The van der Waals surface area contributed by atoms with Crippen LogP contribution in [-0.4, -0.2) is 52.6 Å². The van der Waals surface area contributed by atoms with E-state index >= 15 is 0 Å². The average Bonchev–Trinajstić information content (AvgIpc) is 3.25. The molecule has 0 bridgehead atoms. The molecule has 7 heteroatoms. The Labute approximate surface area is 200 Å². The van der Waals surface area contributed by atoms with Crippen molar-refractivity contribution in [2.75, 3.05) is 19.6 Å². The van der Waals surface area contributed by atoms with Crippen LogP contribution in [0.15, 0.2) is 54.6 Å². The fourth-order valence-electron chi connectivity index (χ4n) is 4.73. The average molecular weight is 461 g/mol. The largest absolute Gasteiger partial charge is 0.347 e. The molecular weight excluding hydrogens is 428 g/mol. The molecule has 4 rings (SSSR count). The quantitative estimate of drug-likeness (QED) is 0.354. The third kappa shape index (κ3) is 5.43. The number of pyridine rings is 1. The highest BCUT2D eigenvalue weighted by atomic mass is 16.5. The third-order valence-electron chi connectivity index (χ3n) is 6.53. The van der Waals surface area contributed by atoms with Crippen molar-refractivity contribution in [3.05, 3.63) is 77.0 Å². The zero-order valence-corrected chi connectivity index (χ0v) is 19.8. The summed E-state index contributed by atoms with van der Waals surface area (Å²) in [4.78, 5) is 31.9. The summed E-state index contributed by atoms with van der Waals surface area (Å²) in [7, 11) is 0. The van der Waals surface area contributed by atoms with Gasteiger partial charge in [-0.3, -0.25) is 19.8 Å². The van der Waals surface area contributed by atoms with E-state index in [1.807, 2.05) is 49.4 Å². The number of benzene rings is 2. The van der Waals surface area contributed by atoms with Crippen LogP contribution in [0.25, 0.3) is 10.9 Å². The summed E-state index contributed by atoms with van der Waals surface area (Å²) < 4.78 is 0. The number of aryl methyl sites for hydroxylation is 1. The van der Waals surface area contributed by atoms with Crippen LogP contribution in [-0.2, 0) is 11.2 Å². The molecule has 1 saturated heterocycles. The molecule has 178 valence electrons. The van der Waals surface area contributed by atoms with E-state index in [9.17, 15) is 9.59 Å². The molecule has 2 aromatic carbocycles. The van der Waals surface area contributed by atoms with E-state index in [1.54, 1.807) is 5.48 Å². The minimum absolute atomic E-state index is 0.213. The highest BCUT2D eigenvalue weighted by Gasteiger charge is 2.38. The first-order valence-corrected chi connectivity index (χ1v) is 11.9. The minimum atomic E-state index is -0.478. The van der Waals surface area contributed by atoms with E-state index in [1.165, 1.54) is 5.56 Å². The molecule has 1 aromatic heterocycles. The smallest absolute Gasteiger partial charge is 0.251 e. The zero-order chi connectivity index (χ0) is 24.1. The molecule has 0 radical (unpaired) electrons. The molecule has 0 unspecified atom stereocenters. The Bertz CT molecular complexity index is 1160. The van der Waals surface area contributed by atoms with Crippen LogP contribution in [0.1, 0.15) is 46.9 Å². The monoisotopic (exact) mass is 460 g/mol. The van der Waals surface area contributed by atoms with Gasteiger partial charge in [0.05, 0.1) is 17.5 Å². The number of hydrogen-bond donors (Lipinski definition) is 3. The maximum absolute atomic E-state index is 12.9. The predicted octanol–water partition coefficient (Wildman–Crippen LogP) is 3.47. The van der Waals surface area contributed by atoms with Crippen LogP contribution >= 0.6 is 0 Å². The predicted molar refractivity (Wildman–Crippen MR) is 132 cm³/mol. The summed E-state index contributed by atoms with van der Waals surface area (Å²) >= 11 is 0. The third-order valence-corrected chi connectivity index (χ3v) is 6.53. The topological polar surface area (TPSA) is 94.6 Å². The van der Waals surface area contributed by atoms with Gasteiger partial charge in [0.1, 0.15) is 0 Å². The van der Waals surface area contributed by atoms with Gasteiger partial charge in [0.15, 0.2) is 0 Å². The highest BCUT2D eigenvalue weighted by Crippen LogP contribution is 2.22. The SMILES string of the molecule is CCCCN1C[C@H](C(=O)NO)[C@H](NC(=O)c2ccc(Cc3cc(C)nc4ccccc34)cc2)C1. The Morgan fingerprint density at radius 1 is 1.12 bits per heavy atom. The molecular formula is C27H32N4O3. The number of para-hydroxylation sites is 1. The number of likely N-dealkylation sites (tertiary alicyclic amines) is 1. The number of hydroxylamine groups is 1. The van der Waals surface area contributed by atoms with Gasteiger partial charge < -0.3 is 10.2 Å². The van der Waals surface area contributed by atoms with Crippen molar-refractivity contribution in [1.82, 2.24) is 20.7 Å². The van der Waals surface area contributed by atoms with Gasteiger partial charge in [-0.15, -0.1) is 0 Å². The van der Waals surface area contributed by atoms with Crippen molar-refractivity contribution >= 4 is 22.7 Å². The van der Waals surface area contributed by atoms with Crippen LogP contribution in [0, 0.1) is 12.8 Å². The lowest BCUT2D eigenvalue weighted by Gasteiger charge is -2.18. The van der Waals surface area contributed by atoms with Gasteiger partial charge in [0.25, 0.3) is 5.91 Å². The molecule has 7 nitrogen and oxygen atoms in total. The van der Waals surface area contributed by atoms with E-state index in [0.29, 0.717) is 18.7 Å². The van der Waals surface area contributed by atoms with Crippen LogP contribution < -0.4 is 10.8 Å². The fourth-order valence-corrected chi connectivity index (χ4v) is 4.73. The number of carbonyl (C=O) groups is 2. The Hall–Kier alpha value is -3.29. The maximum atomic E-state index is 12.9. The van der Waals surface area contributed by atoms with Gasteiger partial charge in [-0.25, -0.2) is 5.48 Å². The summed E-state index contributed by atoms with van der Waals surface area (Å²) in [6, 6.07) is 17.5. The lowest BCUT2D eigenvalue weighted by Crippen LogP contribution is -2.45. The van der Waals surface area contributed by atoms with Crippen molar-refractivity contribution in [2.24, 2.45) is 5.92 Å². The van der Waals surface area contributed by atoms with Gasteiger partial charge in [-0.2, -0.15) is 0 Å². The van der Waals surface area contributed by atoms with E-state index < -0.39 is 11.8 Å². The van der Waals surface area contributed by atoms with Crippen LogP contribution in [0.4, 0.5) is 0 Å². The minimum Gasteiger partial charge on any atom is -0.347 e. The number of amides is 2. The molecule has 2 atom stereocenters. The van der Waals surface area contributed by atoms with E-state index in [4.69, 9.17) is 5.21 Å². The molecule has 2 amide bonds. The number of aromatic nitrogens is 1. The van der Waals surface area contributed by atoms with Gasteiger partial charge in [0.2, 0.25) is 5.91 Å². The Balaban J connectivity index is 1.44. The van der Waals surface area contributed by atoms with Gasteiger partial charge >= 0.3 is 0 Å². The second-order valence-electron chi connectivity index (χ2n) is 9.09. The van der Waals surface area contributed by atoms with Gasteiger partial charge in [0, 0.05) is 29.7 Å². The lowest BCUT2D eigenvalue weighted by molar-refractivity contribution is -0.133. The molecule has 0 saturated carbocycles. The first-order valence-electron chi connectivity index (χ1n) is 11.9. The van der Waals surface area contributed by atoms with Crippen molar-refractivity contribution in [1.29, 1.82) is 0 Å². The number of rotatable bonds is 8. The van der Waals surface area contributed by atoms with E-state index in [0.717, 1.165) is 48.0 Å². The molecule has 34 heavy (non-hydrogen) atoms. The number of fused-ring (bicyclic) bond motifs is 1. The summed E-state index contributed by atoms with van der Waals surface area (Å²) in [5.74, 6) is -1.15. The van der Waals surface area contributed by atoms with E-state index in [2.05, 4.69) is 34.3 Å². The van der Waals surface area contributed by atoms with Crippen molar-refractivity contribution in [2.45, 2.75) is 39.2 Å². The molecule has 3 N–H and O–H groups in total. The van der Waals surface area contributed by atoms with Crippen LogP contribution in [0.2, 0.25) is 0 Å². The van der Waals surface area contributed by atoms with Gasteiger partial charge in [-0.05, 0) is 61.7 Å². The number of hydrogen-bond acceptors (Lipinski definition) is 5. The normalized spacial score (nSPS) is 18.2. The molecule has 0 aliphatic carbocycles. The lowest BCUT2D eigenvalue weighted by atomic mass is 9.99. The molecule has 1 fully saturated rings. The highest BCUT2D eigenvalue weighted by molar-refractivity contribution is 5.95. The molecule has 1 aliphatic heterocycles. The summed E-state index contributed by atoms with van der Waals surface area (Å²) in [5.41, 5.74) is 6.58. The summed E-state index contributed by atoms with van der Waals surface area (Å²) in [5, 5.41) is 13.3. The Morgan fingerprint density at radius 2 is 1.88 bits per heavy atom. The van der Waals surface area contributed by atoms with Crippen LogP contribution in [0.5, 0.6) is 0 Å². The van der Waals surface area contributed by atoms with Crippen molar-refractivity contribution in [3.8, 4) is 0 Å². The maximum Gasteiger partial charge on any atom is 0.251 e. The first-order chi connectivity index (χ1) is 16.5. The number of nitrogens with one attached hydrogen (secondary N) is 2. The fraction of sp³-hybridized carbons (Fsp3) is 0.370. The standard InChI is InChI=1S/C27H32N4O3/c1-3-4-13-31-16-23(27(33)30-34)25(17-31)29-26(32)20-11-9-19(10-12-20)15-21-14-18(2)28-24-8-6-5-7-22(21)24/h5-12,14,23,25,34H,3-4,13,15-17H2,1-2H3,(H,29,32)(H,30,33)/t23-,25+/m0/s1. The second-order valence-corrected chi connectivity index (χ2v) is 9.09. The summed E-state index contributed by atoms with van der Waals surface area (Å²) in [6.07, 6.45) is 2.84. The summed E-state index contributed by atoms with van der Waals surface area (Å²) in [6.45, 7) is 6.11. The number of nitrogens with zero attached hydrogens (tertiary/aromatic N) is 2. The van der Waals surface area contributed by atoms with Crippen molar-refractivity contribution in [3.63, 3.8) is 0 Å². The number of carbonyl (C=O) groups excluding carboxylic acids is 2. The van der Waals surface area contributed by atoms with Crippen molar-refractivity contribution < 1.29 is 14.8 Å². The molecule has 2 heterocycles. The molecule has 1 aliphatic rings. The van der Waals surface area contributed by atoms with E-state index in [-0.39, 0.29) is 11.9 Å². The molecule has 0 spiro atoms. The number of unbranched alkanes of at least 4 members (excludes halogenated alkanes) is 1. The Kier molecular flexibility index (Phi) is 7.55. The molecule has 3 aromatic rings. The zero-order valence-electron chi connectivity index (χ0n) is 19.8. The second kappa shape index (κ2) is 10.8. The Morgan fingerprint density at radius 3 is 2.62 bits per heavy atom. The van der Waals surface area contributed by atoms with Crippen LogP contribution in [0.3, 0.4) is 0 Å². The van der Waals surface area contributed by atoms with Gasteiger partial charge in [-0.1, -0.05) is 43.7 Å².